The molecule has 1 aliphatic heterocycles. The van der Waals surface area contributed by atoms with E-state index in [0.29, 0.717) is 29.2 Å². The number of rotatable bonds is 6. The van der Waals surface area contributed by atoms with Crippen LogP contribution >= 0.6 is 11.6 Å². The van der Waals surface area contributed by atoms with Gasteiger partial charge in [0.15, 0.2) is 0 Å². The monoisotopic (exact) mass is 413 g/mol. The lowest BCUT2D eigenvalue weighted by Gasteiger charge is -2.22. The summed E-state index contributed by atoms with van der Waals surface area (Å²) in [6.45, 7) is 4.42. The van der Waals surface area contributed by atoms with Gasteiger partial charge >= 0.3 is 0 Å². The fourth-order valence-electron chi connectivity index (χ4n) is 3.25. The second-order valence-corrected chi connectivity index (χ2v) is 7.83. The van der Waals surface area contributed by atoms with E-state index in [9.17, 15) is 14.4 Å². The van der Waals surface area contributed by atoms with Gasteiger partial charge in [0.2, 0.25) is 11.8 Å². The Hall–Kier alpha value is -2.86. The zero-order valence-corrected chi connectivity index (χ0v) is 17.2. The van der Waals surface area contributed by atoms with Gasteiger partial charge in [-0.1, -0.05) is 31.5 Å². The van der Waals surface area contributed by atoms with E-state index in [-0.39, 0.29) is 23.6 Å². The van der Waals surface area contributed by atoms with Crippen LogP contribution in [0, 0.1) is 5.92 Å². The lowest BCUT2D eigenvalue weighted by molar-refractivity contribution is -0.119. The summed E-state index contributed by atoms with van der Waals surface area (Å²) < 4.78 is 0. The maximum Gasteiger partial charge on any atom is 0.251 e. The number of nitrogens with zero attached hydrogens (tertiary/aromatic N) is 1. The number of amides is 3. The fourth-order valence-corrected chi connectivity index (χ4v) is 3.38. The third-order valence-electron chi connectivity index (χ3n) is 4.84. The van der Waals surface area contributed by atoms with Crippen LogP contribution in [0.4, 0.5) is 11.4 Å². The molecule has 1 saturated heterocycles. The molecule has 1 atom stereocenters. The molecule has 2 N–H and O–H groups in total. The molecule has 2 aromatic rings. The lowest BCUT2D eigenvalue weighted by atomic mass is 10.0. The van der Waals surface area contributed by atoms with E-state index in [4.69, 9.17) is 11.6 Å². The quantitative estimate of drug-likeness (QED) is 0.754. The van der Waals surface area contributed by atoms with E-state index in [1.807, 2.05) is 19.9 Å². The molecule has 0 aliphatic carbocycles. The van der Waals surface area contributed by atoms with Crippen LogP contribution < -0.4 is 15.5 Å². The summed E-state index contributed by atoms with van der Waals surface area (Å²) >= 11 is 5.86. The highest BCUT2D eigenvalue weighted by molar-refractivity contribution is 6.30. The highest BCUT2D eigenvalue weighted by Gasteiger charge is 2.26. The van der Waals surface area contributed by atoms with Crippen molar-refractivity contribution in [2.75, 3.05) is 16.8 Å². The second-order valence-electron chi connectivity index (χ2n) is 7.39. The number of carbonyl (C=O) groups excluding carboxylic acids is 3. The number of hydrogen-bond acceptors (Lipinski definition) is 3. The number of hydrogen-bond donors (Lipinski definition) is 2. The summed E-state index contributed by atoms with van der Waals surface area (Å²) in [5, 5.41) is 6.18. The van der Waals surface area contributed by atoms with E-state index in [2.05, 4.69) is 10.6 Å². The van der Waals surface area contributed by atoms with Gasteiger partial charge < -0.3 is 15.5 Å². The smallest absolute Gasteiger partial charge is 0.251 e. The van der Waals surface area contributed by atoms with Crippen LogP contribution in [0.25, 0.3) is 0 Å². The highest BCUT2D eigenvalue weighted by Crippen LogP contribution is 2.24. The Bertz CT molecular complexity index is 912. The molecule has 1 aliphatic rings. The molecule has 0 aromatic heterocycles. The van der Waals surface area contributed by atoms with Gasteiger partial charge in [0, 0.05) is 34.9 Å². The third kappa shape index (κ3) is 5.15. The first-order valence-corrected chi connectivity index (χ1v) is 10.0. The molecule has 3 amide bonds. The van der Waals surface area contributed by atoms with Crippen molar-refractivity contribution in [2.24, 2.45) is 5.92 Å². The first-order chi connectivity index (χ1) is 13.8. The Morgan fingerprint density at radius 3 is 2.45 bits per heavy atom. The van der Waals surface area contributed by atoms with Gasteiger partial charge in [0.05, 0.1) is 0 Å². The van der Waals surface area contributed by atoms with Crippen molar-refractivity contribution in [1.29, 1.82) is 0 Å². The van der Waals surface area contributed by atoms with Gasteiger partial charge in [-0.05, 0) is 54.8 Å². The van der Waals surface area contributed by atoms with Gasteiger partial charge in [-0.2, -0.15) is 0 Å². The van der Waals surface area contributed by atoms with E-state index in [1.165, 1.54) is 0 Å². The Morgan fingerprint density at radius 2 is 1.83 bits per heavy atom. The predicted octanol–water partition coefficient (Wildman–Crippen LogP) is 3.86. The topological polar surface area (TPSA) is 78.5 Å². The van der Waals surface area contributed by atoms with Crippen LogP contribution in [0.3, 0.4) is 0 Å². The zero-order valence-electron chi connectivity index (χ0n) is 16.4. The molecule has 7 heteroatoms. The van der Waals surface area contributed by atoms with E-state index in [1.54, 1.807) is 47.4 Å². The van der Waals surface area contributed by atoms with Crippen LogP contribution in [0.1, 0.15) is 37.0 Å². The van der Waals surface area contributed by atoms with Crippen LogP contribution in [0.5, 0.6) is 0 Å². The number of carbonyl (C=O) groups is 3. The SMILES string of the molecule is CC(C)[C@H](NC(=O)c1ccc(Cl)cc1)C(=O)Nc1cccc(N2CCCC2=O)c1. The molecule has 3 rings (SSSR count). The van der Waals surface area contributed by atoms with Crippen LogP contribution in [-0.2, 0) is 9.59 Å². The largest absolute Gasteiger partial charge is 0.340 e. The highest BCUT2D eigenvalue weighted by atomic mass is 35.5. The van der Waals surface area contributed by atoms with Crippen molar-refractivity contribution in [3.63, 3.8) is 0 Å². The number of anilines is 2. The van der Waals surface area contributed by atoms with Crippen LogP contribution in [-0.4, -0.2) is 30.3 Å². The number of benzene rings is 2. The Morgan fingerprint density at radius 1 is 1.10 bits per heavy atom. The molecule has 0 saturated carbocycles. The normalized spacial score (nSPS) is 14.8. The Kier molecular flexibility index (Phi) is 6.54. The average molecular weight is 414 g/mol. The maximum absolute atomic E-state index is 12.8. The van der Waals surface area contributed by atoms with Gasteiger partial charge in [0.25, 0.3) is 5.91 Å². The van der Waals surface area contributed by atoms with Crippen molar-refractivity contribution >= 4 is 40.7 Å². The van der Waals surface area contributed by atoms with Gasteiger partial charge in [-0.15, -0.1) is 0 Å². The van der Waals surface area contributed by atoms with Gasteiger partial charge in [-0.3, -0.25) is 14.4 Å². The summed E-state index contributed by atoms with van der Waals surface area (Å²) in [5.41, 5.74) is 1.78. The molecular formula is C22H24ClN3O3. The van der Waals surface area contributed by atoms with E-state index in [0.717, 1.165) is 12.1 Å². The minimum absolute atomic E-state index is 0.0868. The molecule has 0 unspecified atom stereocenters. The molecule has 0 bridgehead atoms. The zero-order chi connectivity index (χ0) is 21.0. The molecule has 1 fully saturated rings. The standard InChI is InChI=1S/C22H24ClN3O3/c1-14(2)20(25-21(28)15-8-10-16(23)11-9-15)22(29)24-17-5-3-6-18(13-17)26-12-4-7-19(26)27/h3,5-6,8-11,13-14,20H,4,7,12H2,1-2H3,(H,24,29)(H,25,28)/t20-/m0/s1. The number of nitrogens with one attached hydrogen (secondary N) is 2. The Balaban J connectivity index is 1.70. The van der Waals surface area contributed by atoms with Crippen molar-refractivity contribution in [2.45, 2.75) is 32.7 Å². The fraction of sp³-hybridized carbons (Fsp3) is 0.318. The lowest BCUT2D eigenvalue weighted by Crippen LogP contribution is -2.47. The number of halogens is 1. The molecule has 0 spiro atoms. The van der Waals surface area contributed by atoms with Gasteiger partial charge in [-0.25, -0.2) is 0 Å². The molecule has 1 heterocycles. The first kappa shape index (κ1) is 20.9. The van der Waals surface area contributed by atoms with E-state index >= 15 is 0 Å². The average Bonchev–Trinajstić information content (AvgIpc) is 3.12. The minimum atomic E-state index is -0.713. The summed E-state index contributed by atoms with van der Waals surface area (Å²) in [6, 6.07) is 13.0. The second kappa shape index (κ2) is 9.09. The minimum Gasteiger partial charge on any atom is -0.340 e. The Labute approximate surface area is 175 Å². The summed E-state index contributed by atoms with van der Waals surface area (Å²) in [7, 11) is 0. The molecule has 6 nitrogen and oxygen atoms in total. The predicted molar refractivity (Wildman–Crippen MR) is 114 cm³/mol. The maximum atomic E-state index is 12.8. The van der Waals surface area contributed by atoms with Crippen LogP contribution in [0.15, 0.2) is 48.5 Å². The van der Waals surface area contributed by atoms with Crippen molar-refractivity contribution in [3.8, 4) is 0 Å². The summed E-state index contributed by atoms with van der Waals surface area (Å²) in [4.78, 5) is 39.0. The third-order valence-corrected chi connectivity index (χ3v) is 5.09. The molecule has 0 radical (unpaired) electrons. The molecule has 29 heavy (non-hydrogen) atoms. The van der Waals surface area contributed by atoms with Crippen LogP contribution in [0.2, 0.25) is 5.02 Å². The summed E-state index contributed by atoms with van der Waals surface area (Å²) in [5.74, 6) is -0.683. The molecule has 152 valence electrons. The first-order valence-electron chi connectivity index (χ1n) is 9.63. The van der Waals surface area contributed by atoms with Crippen molar-refractivity contribution in [1.82, 2.24) is 5.32 Å². The molecule has 2 aromatic carbocycles. The molecular weight excluding hydrogens is 390 g/mol. The van der Waals surface area contributed by atoms with E-state index < -0.39 is 6.04 Å². The van der Waals surface area contributed by atoms with Crippen molar-refractivity contribution in [3.05, 3.63) is 59.1 Å². The summed E-state index contributed by atoms with van der Waals surface area (Å²) in [6.07, 6.45) is 1.38. The van der Waals surface area contributed by atoms with Gasteiger partial charge in [0.1, 0.15) is 6.04 Å². The van der Waals surface area contributed by atoms with Crippen molar-refractivity contribution < 1.29 is 14.4 Å².